The largest absolute Gasteiger partial charge is 0.396 e. The minimum Gasteiger partial charge on any atom is -0.396 e. The Kier molecular flexibility index (Phi) is 4.17. The van der Waals surface area contributed by atoms with Crippen molar-refractivity contribution in [2.45, 2.75) is 0 Å². The van der Waals surface area contributed by atoms with Crippen molar-refractivity contribution < 1.29 is 22.4 Å². The molecule has 3 nitrogen and oxygen atoms in total. The van der Waals surface area contributed by atoms with Crippen LogP contribution in [-0.2, 0) is 0 Å². The standard InChI is InChI=1S/C13H7BrF4N2O/c14-5-1-9(17)12(10(18)2-5)20-13(21)6-3-11(19)8(16)4-7(6)15/h1-4H,19H2,(H,20,21). The van der Waals surface area contributed by atoms with E-state index in [4.69, 9.17) is 5.73 Å². The van der Waals surface area contributed by atoms with E-state index in [-0.39, 0.29) is 4.47 Å². The molecule has 0 radical (unpaired) electrons. The van der Waals surface area contributed by atoms with Crippen molar-refractivity contribution in [1.82, 2.24) is 0 Å². The van der Waals surface area contributed by atoms with E-state index in [1.807, 2.05) is 5.32 Å². The maximum Gasteiger partial charge on any atom is 0.258 e. The van der Waals surface area contributed by atoms with E-state index >= 15 is 0 Å². The molecular formula is C13H7BrF4N2O. The Hall–Kier alpha value is -2.09. The Labute approximate surface area is 124 Å². The van der Waals surface area contributed by atoms with Crippen LogP contribution in [0.25, 0.3) is 0 Å². The summed E-state index contributed by atoms with van der Waals surface area (Å²) in [4.78, 5) is 11.8. The average Bonchev–Trinajstić information content (AvgIpc) is 2.37. The summed E-state index contributed by atoms with van der Waals surface area (Å²) in [5, 5.41) is 1.88. The average molecular weight is 363 g/mol. The van der Waals surface area contributed by atoms with Gasteiger partial charge in [-0.25, -0.2) is 17.6 Å². The Morgan fingerprint density at radius 2 is 1.52 bits per heavy atom. The summed E-state index contributed by atoms with van der Waals surface area (Å²) in [6, 6.07) is 3.01. The summed E-state index contributed by atoms with van der Waals surface area (Å²) in [6.07, 6.45) is 0. The Bertz CT molecular complexity index is 713. The lowest BCUT2D eigenvalue weighted by Crippen LogP contribution is -2.16. The van der Waals surface area contributed by atoms with Crippen LogP contribution in [0.5, 0.6) is 0 Å². The minimum atomic E-state index is -1.20. The SMILES string of the molecule is Nc1cc(C(=O)Nc2c(F)cc(Br)cc2F)c(F)cc1F. The molecule has 2 aromatic carbocycles. The molecule has 0 aromatic heterocycles. The third kappa shape index (κ3) is 3.15. The molecule has 0 bridgehead atoms. The molecule has 8 heteroatoms. The Morgan fingerprint density at radius 1 is 0.952 bits per heavy atom. The monoisotopic (exact) mass is 362 g/mol. The van der Waals surface area contributed by atoms with Gasteiger partial charge in [0.2, 0.25) is 0 Å². The van der Waals surface area contributed by atoms with Crippen LogP contribution < -0.4 is 11.1 Å². The Balaban J connectivity index is 2.37. The van der Waals surface area contributed by atoms with Crippen molar-refractivity contribution in [3.63, 3.8) is 0 Å². The number of anilines is 2. The number of benzene rings is 2. The van der Waals surface area contributed by atoms with E-state index < -0.39 is 46.1 Å². The summed E-state index contributed by atoms with van der Waals surface area (Å²) in [5.41, 5.74) is 3.39. The number of hydrogen-bond donors (Lipinski definition) is 2. The van der Waals surface area contributed by atoms with E-state index in [0.717, 1.165) is 18.2 Å². The van der Waals surface area contributed by atoms with Crippen LogP contribution in [0.15, 0.2) is 28.7 Å². The number of hydrogen-bond acceptors (Lipinski definition) is 2. The van der Waals surface area contributed by atoms with Gasteiger partial charge in [0.05, 0.1) is 11.3 Å². The smallest absolute Gasteiger partial charge is 0.258 e. The molecule has 0 fully saturated rings. The molecule has 0 spiro atoms. The first-order valence-corrected chi connectivity index (χ1v) is 6.29. The van der Waals surface area contributed by atoms with Gasteiger partial charge in [-0.2, -0.15) is 0 Å². The zero-order valence-electron chi connectivity index (χ0n) is 10.2. The molecule has 21 heavy (non-hydrogen) atoms. The summed E-state index contributed by atoms with van der Waals surface area (Å²) in [7, 11) is 0. The first-order valence-electron chi connectivity index (χ1n) is 5.50. The van der Waals surface area contributed by atoms with Gasteiger partial charge >= 0.3 is 0 Å². The molecule has 0 aliphatic carbocycles. The molecule has 0 unspecified atom stereocenters. The van der Waals surface area contributed by atoms with Crippen LogP contribution in [0.3, 0.4) is 0 Å². The molecule has 0 aliphatic heterocycles. The number of rotatable bonds is 2. The van der Waals surface area contributed by atoms with E-state index in [2.05, 4.69) is 15.9 Å². The second-order valence-electron chi connectivity index (χ2n) is 4.05. The van der Waals surface area contributed by atoms with Crippen molar-refractivity contribution in [2.75, 3.05) is 11.1 Å². The van der Waals surface area contributed by atoms with Crippen LogP contribution in [0, 0.1) is 23.3 Å². The zero-order valence-corrected chi connectivity index (χ0v) is 11.8. The molecule has 110 valence electrons. The van der Waals surface area contributed by atoms with Gasteiger partial charge in [0, 0.05) is 10.5 Å². The van der Waals surface area contributed by atoms with Crippen LogP contribution in [-0.4, -0.2) is 5.91 Å². The minimum absolute atomic E-state index is 0.132. The predicted octanol–water partition coefficient (Wildman–Crippen LogP) is 3.84. The highest BCUT2D eigenvalue weighted by Gasteiger charge is 2.19. The molecule has 0 atom stereocenters. The van der Waals surface area contributed by atoms with Crippen LogP contribution in [0.2, 0.25) is 0 Å². The topological polar surface area (TPSA) is 55.1 Å². The zero-order chi connectivity index (χ0) is 15.7. The number of nitrogens with two attached hydrogens (primary N) is 1. The number of amides is 1. The second-order valence-corrected chi connectivity index (χ2v) is 4.97. The summed E-state index contributed by atoms with van der Waals surface area (Å²) >= 11 is 2.88. The van der Waals surface area contributed by atoms with Gasteiger partial charge in [-0.3, -0.25) is 4.79 Å². The number of carbonyl (C=O) groups is 1. The Morgan fingerprint density at radius 3 is 2.10 bits per heavy atom. The maximum absolute atomic E-state index is 13.6. The quantitative estimate of drug-likeness (QED) is 0.629. The third-order valence-electron chi connectivity index (χ3n) is 2.58. The fourth-order valence-corrected chi connectivity index (χ4v) is 1.98. The van der Waals surface area contributed by atoms with Crippen LogP contribution in [0.4, 0.5) is 28.9 Å². The number of nitrogen functional groups attached to an aromatic ring is 1. The molecular weight excluding hydrogens is 356 g/mol. The number of halogens is 5. The van der Waals surface area contributed by atoms with E-state index in [9.17, 15) is 22.4 Å². The third-order valence-corrected chi connectivity index (χ3v) is 3.03. The lowest BCUT2D eigenvalue weighted by molar-refractivity contribution is 0.102. The number of carbonyl (C=O) groups excluding carboxylic acids is 1. The second kappa shape index (κ2) is 5.72. The molecule has 3 N–H and O–H groups in total. The summed E-state index contributed by atoms with van der Waals surface area (Å²) < 4.78 is 53.8. The highest BCUT2D eigenvalue weighted by atomic mass is 79.9. The molecule has 0 saturated heterocycles. The highest BCUT2D eigenvalue weighted by Crippen LogP contribution is 2.25. The van der Waals surface area contributed by atoms with Gasteiger partial charge in [-0.1, -0.05) is 15.9 Å². The van der Waals surface area contributed by atoms with Crippen molar-refractivity contribution in [3.8, 4) is 0 Å². The van der Waals surface area contributed by atoms with E-state index in [1.54, 1.807) is 0 Å². The van der Waals surface area contributed by atoms with Crippen LogP contribution in [0.1, 0.15) is 10.4 Å². The fraction of sp³-hybridized carbons (Fsp3) is 0. The van der Waals surface area contributed by atoms with Gasteiger partial charge in [-0.05, 0) is 18.2 Å². The van der Waals surface area contributed by atoms with E-state index in [0.29, 0.717) is 6.07 Å². The summed E-state index contributed by atoms with van der Waals surface area (Å²) in [5.74, 6) is -5.49. The van der Waals surface area contributed by atoms with Gasteiger partial charge in [0.25, 0.3) is 5.91 Å². The molecule has 0 heterocycles. The van der Waals surface area contributed by atoms with Crippen molar-refractivity contribution in [3.05, 3.63) is 57.6 Å². The maximum atomic E-state index is 13.6. The van der Waals surface area contributed by atoms with Gasteiger partial charge in [0.1, 0.15) is 17.3 Å². The summed E-state index contributed by atoms with van der Waals surface area (Å²) in [6.45, 7) is 0. The first kappa shape index (κ1) is 15.3. The van der Waals surface area contributed by atoms with Crippen LogP contribution >= 0.6 is 15.9 Å². The van der Waals surface area contributed by atoms with Gasteiger partial charge < -0.3 is 11.1 Å². The van der Waals surface area contributed by atoms with Crippen molar-refractivity contribution in [1.29, 1.82) is 0 Å². The van der Waals surface area contributed by atoms with Gasteiger partial charge in [0.15, 0.2) is 11.6 Å². The molecule has 2 rings (SSSR count). The normalized spacial score (nSPS) is 10.5. The highest BCUT2D eigenvalue weighted by molar-refractivity contribution is 9.10. The van der Waals surface area contributed by atoms with Crippen molar-refractivity contribution in [2.24, 2.45) is 0 Å². The molecule has 1 amide bonds. The molecule has 2 aromatic rings. The lowest BCUT2D eigenvalue weighted by Gasteiger charge is -2.09. The predicted molar refractivity (Wildman–Crippen MR) is 72.8 cm³/mol. The first-order chi connectivity index (χ1) is 9.79. The van der Waals surface area contributed by atoms with E-state index in [1.165, 1.54) is 0 Å². The fourth-order valence-electron chi connectivity index (χ4n) is 1.58. The van der Waals surface area contributed by atoms with Gasteiger partial charge in [-0.15, -0.1) is 0 Å². The molecule has 0 saturated carbocycles. The van der Waals surface area contributed by atoms with Crippen molar-refractivity contribution >= 4 is 33.2 Å². The lowest BCUT2D eigenvalue weighted by atomic mass is 10.1. The number of nitrogens with one attached hydrogen (secondary N) is 1. The molecule has 0 aliphatic rings.